The lowest BCUT2D eigenvalue weighted by molar-refractivity contribution is -0.140. The van der Waals surface area contributed by atoms with Crippen LogP contribution in [0, 0.1) is 6.92 Å². The van der Waals surface area contributed by atoms with Crippen LogP contribution in [0.2, 0.25) is 0 Å². The Balaban J connectivity index is 2.73. The van der Waals surface area contributed by atoms with E-state index in [-0.39, 0.29) is 19.0 Å². The Morgan fingerprint density at radius 2 is 1.90 bits per heavy atom. The molecule has 1 aromatic carbocycles. The Morgan fingerprint density at radius 1 is 1.29 bits per heavy atom. The first kappa shape index (κ1) is 17.7. The SMILES string of the molecule is Cc1cc(NC(=O)CN(CC(=O)O)C(C)(C)C)ccc1Br. The van der Waals surface area contributed by atoms with Crippen molar-refractivity contribution in [1.82, 2.24) is 4.90 Å². The van der Waals surface area contributed by atoms with Gasteiger partial charge in [0.25, 0.3) is 0 Å². The number of aliphatic carboxylic acids is 1. The minimum Gasteiger partial charge on any atom is -0.480 e. The molecule has 0 saturated carbocycles. The monoisotopic (exact) mass is 356 g/mol. The van der Waals surface area contributed by atoms with Crippen LogP contribution in [0.4, 0.5) is 5.69 Å². The molecule has 0 saturated heterocycles. The van der Waals surface area contributed by atoms with Crippen molar-refractivity contribution in [2.24, 2.45) is 0 Å². The van der Waals surface area contributed by atoms with Crippen molar-refractivity contribution in [3.05, 3.63) is 28.2 Å². The summed E-state index contributed by atoms with van der Waals surface area (Å²) in [6.07, 6.45) is 0. The number of hydrogen-bond acceptors (Lipinski definition) is 3. The number of halogens is 1. The summed E-state index contributed by atoms with van der Waals surface area (Å²) in [5.41, 5.74) is 1.32. The molecule has 0 atom stereocenters. The normalized spacial score (nSPS) is 11.5. The largest absolute Gasteiger partial charge is 0.480 e. The standard InChI is InChI=1S/C15H21BrN2O3/c1-10-7-11(5-6-12(10)16)17-13(19)8-18(9-14(20)21)15(2,3)4/h5-7H,8-9H2,1-4H3,(H,17,19)(H,20,21). The smallest absolute Gasteiger partial charge is 0.317 e. The van der Waals surface area contributed by atoms with E-state index in [1.54, 1.807) is 11.0 Å². The van der Waals surface area contributed by atoms with Gasteiger partial charge in [-0.1, -0.05) is 15.9 Å². The van der Waals surface area contributed by atoms with Crippen LogP contribution in [0.25, 0.3) is 0 Å². The van der Waals surface area contributed by atoms with E-state index in [0.717, 1.165) is 10.0 Å². The predicted molar refractivity (Wildman–Crippen MR) is 86.5 cm³/mol. The van der Waals surface area contributed by atoms with Crippen molar-refractivity contribution < 1.29 is 14.7 Å². The number of carboxylic acids is 1. The fourth-order valence-electron chi connectivity index (χ4n) is 1.79. The number of aryl methyl sites for hydroxylation is 1. The molecule has 5 nitrogen and oxygen atoms in total. The van der Waals surface area contributed by atoms with Gasteiger partial charge in [0.05, 0.1) is 13.1 Å². The molecule has 1 amide bonds. The third kappa shape index (κ3) is 5.85. The first-order valence-electron chi connectivity index (χ1n) is 6.62. The maximum absolute atomic E-state index is 12.1. The van der Waals surface area contributed by atoms with Gasteiger partial charge in [-0.15, -0.1) is 0 Å². The first-order chi connectivity index (χ1) is 9.59. The molecule has 0 aromatic heterocycles. The average molecular weight is 357 g/mol. The average Bonchev–Trinajstić information content (AvgIpc) is 2.31. The lowest BCUT2D eigenvalue weighted by Gasteiger charge is -2.33. The molecule has 0 radical (unpaired) electrons. The van der Waals surface area contributed by atoms with E-state index in [1.165, 1.54) is 0 Å². The Bertz CT molecular complexity index is 538. The highest BCUT2D eigenvalue weighted by Gasteiger charge is 2.25. The maximum atomic E-state index is 12.1. The fourth-order valence-corrected chi connectivity index (χ4v) is 2.04. The minimum absolute atomic E-state index is 0.0327. The lowest BCUT2D eigenvalue weighted by Crippen LogP contribution is -2.48. The van der Waals surface area contributed by atoms with Gasteiger partial charge in [-0.3, -0.25) is 14.5 Å². The van der Waals surface area contributed by atoms with Crippen LogP contribution in [-0.2, 0) is 9.59 Å². The minimum atomic E-state index is -0.947. The second-order valence-corrected chi connectivity index (χ2v) is 6.79. The van der Waals surface area contributed by atoms with Gasteiger partial charge in [0, 0.05) is 15.7 Å². The molecule has 2 N–H and O–H groups in total. The van der Waals surface area contributed by atoms with Gasteiger partial charge in [-0.2, -0.15) is 0 Å². The molecule has 1 aromatic rings. The van der Waals surface area contributed by atoms with Crippen LogP contribution in [0.15, 0.2) is 22.7 Å². The van der Waals surface area contributed by atoms with E-state index in [2.05, 4.69) is 21.2 Å². The van der Waals surface area contributed by atoms with Crippen molar-refractivity contribution in [3.63, 3.8) is 0 Å². The maximum Gasteiger partial charge on any atom is 0.317 e. The number of rotatable bonds is 5. The molecule has 0 fully saturated rings. The molecule has 0 aliphatic rings. The van der Waals surface area contributed by atoms with Crippen LogP contribution >= 0.6 is 15.9 Å². The molecular weight excluding hydrogens is 336 g/mol. The van der Waals surface area contributed by atoms with Gasteiger partial charge in [0.1, 0.15) is 0 Å². The molecule has 0 aliphatic carbocycles. The van der Waals surface area contributed by atoms with Crippen LogP contribution < -0.4 is 5.32 Å². The molecule has 21 heavy (non-hydrogen) atoms. The second-order valence-electron chi connectivity index (χ2n) is 5.93. The summed E-state index contributed by atoms with van der Waals surface area (Å²) in [7, 11) is 0. The number of anilines is 1. The predicted octanol–water partition coefficient (Wildman–Crippen LogP) is 2.88. The van der Waals surface area contributed by atoms with E-state index in [9.17, 15) is 9.59 Å². The van der Waals surface area contributed by atoms with E-state index in [1.807, 2.05) is 39.8 Å². The Hall–Kier alpha value is -1.40. The topological polar surface area (TPSA) is 69.6 Å². The van der Waals surface area contributed by atoms with E-state index in [4.69, 9.17) is 5.11 Å². The third-order valence-corrected chi connectivity index (χ3v) is 3.94. The molecule has 6 heteroatoms. The highest BCUT2D eigenvalue weighted by Crippen LogP contribution is 2.20. The van der Waals surface area contributed by atoms with Gasteiger partial charge in [0.15, 0.2) is 0 Å². The van der Waals surface area contributed by atoms with E-state index in [0.29, 0.717) is 5.69 Å². The molecule has 0 aliphatic heterocycles. The summed E-state index contributed by atoms with van der Waals surface area (Å²) < 4.78 is 0.975. The van der Waals surface area contributed by atoms with Gasteiger partial charge in [-0.25, -0.2) is 0 Å². The summed E-state index contributed by atoms with van der Waals surface area (Å²) in [6, 6.07) is 5.53. The molecule has 1 rings (SSSR count). The Kier molecular flexibility index (Phi) is 5.92. The summed E-state index contributed by atoms with van der Waals surface area (Å²) in [5, 5.41) is 11.7. The zero-order chi connectivity index (χ0) is 16.2. The van der Waals surface area contributed by atoms with Crippen LogP contribution in [-0.4, -0.2) is 40.5 Å². The first-order valence-corrected chi connectivity index (χ1v) is 7.42. The molecule has 0 spiro atoms. The van der Waals surface area contributed by atoms with E-state index >= 15 is 0 Å². The third-order valence-electron chi connectivity index (χ3n) is 3.05. The van der Waals surface area contributed by atoms with Crippen molar-refractivity contribution in [2.75, 3.05) is 18.4 Å². The quantitative estimate of drug-likeness (QED) is 0.850. The van der Waals surface area contributed by atoms with Crippen LogP contribution in [0.5, 0.6) is 0 Å². The zero-order valence-electron chi connectivity index (χ0n) is 12.7. The van der Waals surface area contributed by atoms with Crippen molar-refractivity contribution in [2.45, 2.75) is 33.2 Å². The fraction of sp³-hybridized carbons (Fsp3) is 0.467. The Labute approximate surface area is 133 Å². The van der Waals surface area contributed by atoms with Crippen molar-refractivity contribution in [3.8, 4) is 0 Å². The number of carbonyl (C=O) groups is 2. The van der Waals surface area contributed by atoms with E-state index < -0.39 is 11.5 Å². The van der Waals surface area contributed by atoms with Crippen molar-refractivity contribution >= 4 is 33.5 Å². The number of nitrogens with one attached hydrogen (secondary N) is 1. The molecule has 0 unspecified atom stereocenters. The van der Waals surface area contributed by atoms with Gasteiger partial charge in [0.2, 0.25) is 5.91 Å². The summed E-state index contributed by atoms with van der Waals surface area (Å²) >= 11 is 3.40. The Morgan fingerprint density at radius 3 is 2.38 bits per heavy atom. The molecular formula is C15H21BrN2O3. The second kappa shape index (κ2) is 7.04. The molecule has 116 valence electrons. The summed E-state index contributed by atoms with van der Waals surface area (Å²) in [5.74, 6) is -1.18. The molecule has 0 bridgehead atoms. The summed E-state index contributed by atoms with van der Waals surface area (Å²) in [6.45, 7) is 7.44. The number of nitrogens with zero attached hydrogens (tertiary/aromatic N) is 1. The number of carboxylic acid groups (broad SMARTS) is 1. The van der Waals surface area contributed by atoms with Gasteiger partial charge < -0.3 is 10.4 Å². The highest BCUT2D eigenvalue weighted by atomic mass is 79.9. The number of benzene rings is 1. The number of carbonyl (C=O) groups excluding carboxylic acids is 1. The van der Waals surface area contributed by atoms with Crippen LogP contribution in [0.3, 0.4) is 0 Å². The number of amides is 1. The highest BCUT2D eigenvalue weighted by molar-refractivity contribution is 9.10. The van der Waals surface area contributed by atoms with Crippen LogP contribution in [0.1, 0.15) is 26.3 Å². The lowest BCUT2D eigenvalue weighted by atomic mass is 10.1. The zero-order valence-corrected chi connectivity index (χ0v) is 14.3. The van der Waals surface area contributed by atoms with Gasteiger partial charge in [-0.05, 0) is 51.5 Å². The summed E-state index contributed by atoms with van der Waals surface area (Å²) in [4.78, 5) is 24.6. The van der Waals surface area contributed by atoms with Gasteiger partial charge >= 0.3 is 5.97 Å². The molecule has 0 heterocycles. The van der Waals surface area contributed by atoms with Crippen molar-refractivity contribution in [1.29, 1.82) is 0 Å². The number of hydrogen-bond donors (Lipinski definition) is 2.